The van der Waals surface area contributed by atoms with E-state index in [1.54, 1.807) is 6.42 Å². The van der Waals surface area contributed by atoms with Crippen molar-refractivity contribution in [2.75, 3.05) is 13.6 Å². The highest BCUT2D eigenvalue weighted by atomic mass is 14.8. The predicted molar refractivity (Wildman–Crippen MR) is 49.8 cm³/mol. The van der Waals surface area contributed by atoms with E-state index in [1.165, 1.54) is 36.6 Å². The summed E-state index contributed by atoms with van der Waals surface area (Å²) in [4.78, 5) is 0. The third-order valence-electron chi connectivity index (χ3n) is 4.84. The van der Waals surface area contributed by atoms with E-state index >= 15 is 0 Å². The Morgan fingerprint density at radius 2 is 2.08 bits per heavy atom. The average molecular weight is 165 g/mol. The van der Waals surface area contributed by atoms with Crippen molar-refractivity contribution in [1.82, 2.24) is 5.32 Å². The molecule has 3 rings (SSSR count). The summed E-state index contributed by atoms with van der Waals surface area (Å²) in [6, 6.07) is 0. The van der Waals surface area contributed by atoms with Gasteiger partial charge in [0.15, 0.2) is 0 Å². The summed E-state index contributed by atoms with van der Waals surface area (Å²) >= 11 is 0. The lowest BCUT2D eigenvalue weighted by molar-refractivity contribution is -0.0428. The molecule has 1 nitrogen and oxygen atoms in total. The summed E-state index contributed by atoms with van der Waals surface area (Å²) in [5, 5.41) is 3.27. The van der Waals surface area contributed by atoms with Gasteiger partial charge in [0.05, 0.1) is 0 Å². The lowest BCUT2D eigenvalue weighted by atomic mass is 9.52. The van der Waals surface area contributed by atoms with Crippen LogP contribution in [-0.4, -0.2) is 13.6 Å². The Morgan fingerprint density at radius 1 is 1.25 bits per heavy atom. The lowest BCUT2D eigenvalue weighted by Gasteiger charge is -2.53. The third kappa shape index (κ3) is 0.693. The van der Waals surface area contributed by atoms with Crippen LogP contribution in [0.25, 0.3) is 0 Å². The van der Waals surface area contributed by atoms with Crippen molar-refractivity contribution in [3.8, 4) is 0 Å². The first-order valence-electron chi connectivity index (χ1n) is 5.49. The molecule has 3 aliphatic rings. The van der Waals surface area contributed by atoms with Crippen LogP contribution < -0.4 is 5.32 Å². The van der Waals surface area contributed by atoms with Crippen molar-refractivity contribution in [2.24, 2.45) is 35.5 Å². The molecule has 0 heterocycles. The molecule has 68 valence electrons. The molecular weight excluding hydrogens is 146 g/mol. The summed E-state index contributed by atoms with van der Waals surface area (Å²) < 4.78 is 0. The normalized spacial score (nSPS) is 59.5. The molecule has 3 saturated carbocycles. The molecule has 0 spiro atoms. The van der Waals surface area contributed by atoms with Crippen LogP contribution in [0, 0.1) is 35.5 Å². The molecular formula is C11H19N. The van der Waals surface area contributed by atoms with Gasteiger partial charge in [-0.2, -0.15) is 0 Å². The predicted octanol–water partition coefficient (Wildman–Crippen LogP) is 1.74. The van der Waals surface area contributed by atoms with Gasteiger partial charge in [0.25, 0.3) is 0 Å². The third-order valence-corrected chi connectivity index (χ3v) is 4.84. The number of nitrogens with one attached hydrogen (secondary N) is 1. The molecule has 3 aliphatic carbocycles. The fourth-order valence-electron chi connectivity index (χ4n) is 4.13. The van der Waals surface area contributed by atoms with Gasteiger partial charge in [-0.3, -0.25) is 0 Å². The second kappa shape index (κ2) is 2.25. The van der Waals surface area contributed by atoms with Gasteiger partial charge in [0.2, 0.25) is 0 Å². The number of rotatable bonds is 3. The maximum absolute atomic E-state index is 3.27. The summed E-state index contributed by atoms with van der Waals surface area (Å²) in [7, 11) is 2.07. The molecule has 1 heteroatoms. The highest BCUT2D eigenvalue weighted by Crippen LogP contribution is 2.77. The molecule has 12 heavy (non-hydrogen) atoms. The van der Waals surface area contributed by atoms with E-state index in [9.17, 15) is 0 Å². The standard InChI is InChI=1S/C11H19N/c1-6-9-8-5-7(3-4-12-2)11(8)10(6)9/h6-12H,3-5H2,1-2H3. The first-order chi connectivity index (χ1) is 5.84. The van der Waals surface area contributed by atoms with E-state index in [-0.39, 0.29) is 0 Å². The number of hydrogen-bond acceptors (Lipinski definition) is 1. The molecule has 3 fully saturated rings. The monoisotopic (exact) mass is 165 g/mol. The van der Waals surface area contributed by atoms with E-state index in [4.69, 9.17) is 0 Å². The number of hydrogen-bond donors (Lipinski definition) is 1. The molecule has 0 aromatic carbocycles. The smallest absolute Gasteiger partial charge is 0.00492 e. The largest absolute Gasteiger partial charge is 0.320 e. The fraction of sp³-hybridized carbons (Fsp3) is 1.00. The van der Waals surface area contributed by atoms with Crippen LogP contribution in [0.4, 0.5) is 0 Å². The van der Waals surface area contributed by atoms with Crippen LogP contribution in [0.3, 0.4) is 0 Å². The molecule has 0 radical (unpaired) electrons. The minimum Gasteiger partial charge on any atom is -0.320 e. The van der Waals surface area contributed by atoms with Crippen LogP contribution in [0.5, 0.6) is 0 Å². The Kier molecular flexibility index (Phi) is 1.39. The van der Waals surface area contributed by atoms with Gasteiger partial charge in [-0.25, -0.2) is 0 Å². The molecule has 6 unspecified atom stereocenters. The molecule has 1 N–H and O–H groups in total. The van der Waals surface area contributed by atoms with E-state index < -0.39 is 0 Å². The van der Waals surface area contributed by atoms with Crippen molar-refractivity contribution in [3.05, 3.63) is 0 Å². The molecule has 6 atom stereocenters. The molecule has 0 saturated heterocycles. The zero-order valence-corrected chi connectivity index (χ0v) is 8.09. The van der Waals surface area contributed by atoms with Crippen molar-refractivity contribution in [1.29, 1.82) is 0 Å². The Balaban J connectivity index is 1.54. The molecule has 0 aromatic rings. The Bertz CT molecular complexity index is 193. The second-order valence-electron chi connectivity index (χ2n) is 5.14. The molecule has 0 aromatic heterocycles. The van der Waals surface area contributed by atoms with Gasteiger partial charge in [0, 0.05) is 0 Å². The summed E-state index contributed by atoms with van der Waals surface area (Å²) in [5.41, 5.74) is 0. The van der Waals surface area contributed by atoms with Crippen LogP contribution in [0.15, 0.2) is 0 Å². The highest BCUT2D eigenvalue weighted by molar-refractivity contribution is 5.20. The van der Waals surface area contributed by atoms with Crippen molar-refractivity contribution < 1.29 is 0 Å². The van der Waals surface area contributed by atoms with E-state index in [1.807, 2.05) is 0 Å². The maximum Gasteiger partial charge on any atom is -0.00492 e. The van der Waals surface area contributed by atoms with Gasteiger partial charge >= 0.3 is 0 Å². The van der Waals surface area contributed by atoms with Crippen LogP contribution >= 0.6 is 0 Å². The minimum atomic E-state index is 1.11. The van der Waals surface area contributed by atoms with Gasteiger partial charge in [-0.05, 0) is 61.9 Å². The Morgan fingerprint density at radius 3 is 2.75 bits per heavy atom. The topological polar surface area (TPSA) is 12.0 Å². The zero-order valence-electron chi connectivity index (χ0n) is 8.09. The fourth-order valence-corrected chi connectivity index (χ4v) is 4.13. The van der Waals surface area contributed by atoms with Crippen molar-refractivity contribution in [2.45, 2.75) is 19.8 Å². The van der Waals surface area contributed by atoms with Crippen LogP contribution in [0.2, 0.25) is 0 Å². The van der Waals surface area contributed by atoms with Gasteiger partial charge in [-0.1, -0.05) is 6.92 Å². The van der Waals surface area contributed by atoms with Gasteiger partial charge in [0.1, 0.15) is 0 Å². The summed E-state index contributed by atoms with van der Waals surface area (Å²) in [5.74, 6) is 6.96. The quantitative estimate of drug-likeness (QED) is 0.671. The number of fused-ring (bicyclic) bond motifs is 4. The minimum absolute atomic E-state index is 1.11. The second-order valence-corrected chi connectivity index (χ2v) is 5.14. The van der Waals surface area contributed by atoms with Crippen molar-refractivity contribution in [3.63, 3.8) is 0 Å². The van der Waals surface area contributed by atoms with Crippen molar-refractivity contribution >= 4 is 0 Å². The highest BCUT2D eigenvalue weighted by Gasteiger charge is 2.72. The first-order valence-corrected chi connectivity index (χ1v) is 5.49. The van der Waals surface area contributed by atoms with E-state index in [0.29, 0.717) is 0 Å². The summed E-state index contributed by atoms with van der Waals surface area (Å²) in [6.07, 6.45) is 3.01. The Hall–Kier alpha value is -0.0400. The molecule has 0 aliphatic heterocycles. The average Bonchev–Trinajstić information content (AvgIpc) is 2.56. The van der Waals surface area contributed by atoms with Gasteiger partial charge < -0.3 is 5.32 Å². The SMILES string of the molecule is CNCCC1CC2C1C1C(C)C21. The molecule has 0 bridgehead atoms. The first kappa shape index (κ1) is 7.37. The van der Waals surface area contributed by atoms with Crippen LogP contribution in [-0.2, 0) is 0 Å². The molecule has 0 amide bonds. The Labute approximate surface area is 74.9 Å². The lowest BCUT2D eigenvalue weighted by Crippen LogP contribution is -2.47. The van der Waals surface area contributed by atoms with Crippen LogP contribution in [0.1, 0.15) is 19.8 Å². The zero-order chi connectivity index (χ0) is 8.29. The van der Waals surface area contributed by atoms with E-state index in [0.717, 1.165) is 11.8 Å². The van der Waals surface area contributed by atoms with E-state index in [2.05, 4.69) is 19.3 Å². The maximum atomic E-state index is 3.27. The van der Waals surface area contributed by atoms with Gasteiger partial charge in [-0.15, -0.1) is 0 Å². The summed E-state index contributed by atoms with van der Waals surface area (Å²) in [6.45, 7) is 3.70.